The number of rotatable bonds is 20. The van der Waals surface area contributed by atoms with E-state index >= 15 is 4.39 Å². The van der Waals surface area contributed by atoms with Crippen LogP contribution < -0.4 is 42.8 Å². The first-order valence-corrected chi connectivity index (χ1v) is 26.9. The lowest BCUT2D eigenvalue weighted by molar-refractivity contribution is -0.150. The zero-order chi connectivity index (χ0) is 59.7. The Morgan fingerprint density at radius 3 is 2.18 bits per heavy atom. The van der Waals surface area contributed by atoms with Gasteiger partial charge in [0.2, 0.25) is 30.5 Å². The van der Waals surface area contributed by atoms with E-state index in [0.717, 1.165) is 58.4 Å². The third-order valence-corrected chi connectivity index (χ3v) is 14.3. The highest BCUT2D eigenvalue weighted by atomic mass is 19.1. The molecule has 82 heavy (non-hydrogen) atoms. The van der Waals surface area contributed by atoms with Gasteiger partial charge in [-0.2, -0.15) is 0 Å². The number of hydrogen-bond donors (Lipinski definition) is 8. The predicted octanol–water partition coefficient (Wildman–Crippen LogP) is 1.49. The van der Waals surface area contributed by atoms with Crippen LogP contribution in [0.2, 0.25) is 0 Å². The van der Waals surface area contributed by atoms with Gasteiger partial charge in [-0.25, -0.2) is 9.37 Å². The van der Waals surface area contributed by atoms with Gasteiger partial charge in [-0.05, 0) is 113 Å². The fourth-order valence-corrected chi connectivity index (χ4v) is 10.5. The van der Waals surface area contributed by atoms with Gasteiger partial charge in [0.1, 0.15) is 31.3 Å². The number of aliphatic carboxylic acids is 1. The molecular formula is C57H69FN10O14. The minimum atomic E-state index is -1.15. The van der Waals surface area contributed by atoms with Crippen molar-refractivity contribution < 1.29 is 66.9 Å². The van der Waals surface area contributed by atoms with Crippen molar-refractivity contribution >= 4 is 71.1 Å². The molecule has 25 heteroatoms. The lowest BCUT2D eigenvalue weighted by Gasteiger charge is -2.34. The molecule has 2 aromatic carbocycles. The first-order chi connectivity index (χ1) is 39.3. The van der Waals surface area contributed by atoms with Crippen molar-refractivity contribution in [2.24, 2.45) is 0 Å². The van der Waals surface area contributed by atoms with E-state index < -0.39 is 41.3 Å². The van der Waals surface area contributed by atoms with Crippen LogP contribution in [0.1, 0.15) is 110 Å². The Hall–Kier alpha value is -8.71. The molecule has 0 radical (unpaired) electrons. The standard InChI is InChI=1S/C34H36FN5O7.C12H16N2O2.C8H10N2O3.C3H7NO2/c1-3-18-20-10-26-30-21(13-40(26)31(43)22(20)14-46-32(18)44)29-24(7-6-19-17(2)23(35)11-25(38-30)28(19)29)39-33(45)34(8-4-5-9-34)47-16-37-27(42)12-36-15-41;1-10(14-12(16)8-13-9-15)7-11-5-3-2-4-6-11;1-2-9-6(11)5-10-7(12)3-4-8(10)13;1-4-2-3(5)6/h10-11,15,18,24H,3-9,12-14,16H2,1-2H3,(H,36,41)(H,37,42)(H,39,45);2-6,9-10H,7-8H2,1H3,(H,13,15)(H,14,16);3-4H,2,5H2,1H3,(H,9,11);4H,2H2,1H3,(H,5,6)/t18-,24+;10-;;/m11../s1. The number of aromatic nitrogens is 2. The van der Waals surface area contributed by atoms with E-state index in [1.807, 2.05) is 50.2 Å². The van der Waals surface area contributed by atoms with Crippen LogP contribution >= 0.6 is 0 Å². The van der Waals surface area contributed by atoms with Gasteiger partial charge >= 0.3 is 11.9 Å². The molecule has 438 valence electrons. The zero-order valence-electron chi connectivity index (χ0n) is 46.4. The number of carbonyl (C=O) groups excluding carboxylic acids is 9. The van der Waals surface area contributed by atoms with Crippen LogP contribution in [0.15, 0.2) is 59.4 Å². The Labute approximate surface area is 471 Å². The Morgan fingerprint density at radius 1 is 0.902 bits per heavy atom. The van der Waals surface area contributed by atoms with Crippen LogP contribution in [0.25, 0.3) is 22.3 Å². The Morgan fingerprint density at radius 2 is 1.57 bits per heavy atom. The fraction of sp³-hybridized carbons (Fsp3) is 0.439. The van der Waals surface area contributed by atoms with Crippen LogP contribution in [0.3, 0.4) is 0 Å². The molecule has 1 saturated carbocycles. The SMILES string of the molecule is CCNC(=O)CN1C(=O)C=CC1=O.CC[C@H]1C(=O)OCc2c1cc1n(c2=O)Cc2c-1nc1cc(F)c(C)c3c1c2[C@@H](NC(=O)C1(OCNC(=O)CNC=O)CCCC1)CC3.CNCC(=O)O.C[C@H](Cc1ccccc1)NC(=O)CNC=O. The number of nitrogens with zero attached hydrogens (tertiary/aromatic N) is 3. The van der Waals surface area contributed by atoms with E-state index in [0.29, 0.717) is 85.1 Å². The smallest absolute Gasteiger partial charge is 0.317 e. The van der Waals surface area contributed by atoms with Crippen LogP contribution in [0.5, 0.6) is 0 Å². The van der Waals surface area contributed by atoms with Crippen molar-refractivity contribution in [3.8, 4) is 11.4 Å². The number of fused-ring (bicyclic) bond motifs is 5. The van der Waals surface area contributed by atoms with E-state index in [1.165, 1.54) is 11.6 Å². The Balaban J connectivity index is 0.000000250. The van der Waals surface area contributed by atoms with Crippen molar-refractivity contribution in [1.29, 1.82) is 0 Å². The summed E-state index contributed by atoms with van der Waals surface area (Å²) in [5.41, 5.74) is 5.37. The number of amides is 8. The molecule has 0 unspecified atom stereocenters. The summed E-state index contributed by atoms with van der Waals surface area (Å²) in [7, 11) is 1.59. The molecular weight excluding hydrogens is 1070 g/mol. The molecule has 3 aliphatic heterocycles. The molecule has 0 saturated heterocycles. The third kappa shape index (κ3) is 15.2. The number of pyridine rings is 2. The molecule has 0 spiro atoms. The number of halogens is 1. The normalized spacial score (nSPS) is 16.9. The number of hydrogen-bond acceptors (Lipinski definition) is 15. The van der Waals surface area contributed by atoms with E-state index in [4.69, 9.17) is 19.6 Å². The second kappa shape index (κ2) is 29.1. The second-order valence-corrected chi connectivity index (χ2v) is 19.9. The average Bonchev–Trinajstić information content (AvgIpc) is 1.86. The molecule has 8 N–H and O–H groups in total. The van der Waals surface area contributed by atoms with Gasteiger partial charge in [-0.1, -0.05) is 37.3 Å². The molecule has 3 atom stereocenters. The number of nitrogens with one attached hydrogen (secondary N) is 7. The predicted molar refractivity (Wildman–Crippen MR) is 295 cm³/mol. The van der Waals surface area contributed by atoms with Crippen LogP contribution in [0, 0.1) is 12.7 Å². The molecule has 5 aliphatic rings. The molecule has 9 rings (SSSR count). The Bertz CT molecular complexity index is 3160. The summed E-state index contributed by atoms with van der Waals surface area (Å²) in [5, 5.41) is 26.9. The van der Waals surface area contributed by atoms with Crippen molar-refractivity contribution in [3.05, 3.63) is 110 Å². The lowest BCUT2D eigenvalue weighted by Crippen LogP contribution is -2.50. The number of ether oxygens (including phenoxy) is 2. The van der Waals surface area contributed by atoms with Crippen molar-refractivity contribution in [2.75, 3.05) is 46.5 Å². The monoisotopic (exact) mass is 1140 g/mol. The number of likely N-dealkylation sites (N-methyl/N-ethyl adjacent to an activating group) is 2. The highest BCUT2D eigenvalue weighted by molar-refractivity contribution is 6.14. The fourth-order valence-electron chi connectivity index (χ4n) is 10.5. The number of carbonyl (C=O) groups is 10. The Kier molecular flexibility index (Phi) is 22.2. The zero-order valence-corrected chi connectivity index (χ0v) is 46.4. The van der Waals surface area contributed by atoms with E-state index in [1.54, 1.807) is 25.5 Å². The largest absolute Gasteiger partial charge is 0.480 e. The van der Waals surface area contributed by atoms with E-state index in [2.05, 4.69) is 37.2 Å². The summed E-state index contributed by atoms with van der Waals surface area (Å²) in [6, 6.07) is 12.8. The highest BCUT2D eigenvalue weighted by Gasteiger charge is 2.45. The van der Waals surface area contributed by atoms with Crippen molar-refractivity contribution in [3.63, 3.8) is 0 Å². The maximum absolute atomic E-state index is 15.3. The summed E-state index contributed by atoms with van der Waals surface area (Å²) >= 11 is 0. The van der Waals surface area contributed by atoms with Crippen LogP contribution in [-0.4, -0.2) is 138 Å². The number of aryl methyl sites for hydroxylation is 1. The number of imide groups is 1. The summed E-state index contributed by atoms with van der Waals surface area (Å²) in [6.45, 7) is 7.41. The van der Waals surface area contributed by atoms with Crippen molar-refractivity contribution in [2.45, 2.75) is 116 Å². The van der Waals surface area contributed by atoms with Crippen molar-refractivity contribution in [1.82, 2.24) is 51.7 Å². The summed E-state index contributed by atoms with van der Waals surface area (Å²) in [5.74, 6) is -4.22. The van der Waals surface area contributed by atoms with Crippen LogP contribution in [-0.2, 0) is 83.4 Å². The lowest BCUT2D eigenvalue weighted by atomic mass is 9.81. The molecule has 0 bridgehead atoms. The van der Waals surface area contributed by atoms with Gasteiger partial charge in [0.05, 0.1) is 60.6 Å². The average molecular weight is 1140 g/mol. The second-order valence-electron chi connectivity index (χ2n) is 19.9. The van der Waals surface area contributed by atoms with Gasteiger partial charge in [-0.3, -0.25) is 57.6 Å². The number of cyclic esters (lactones) is 1. The first-order valence-electron chi connectivity index (χ1n) is 26.9. The van der Waals surface area contributed by atoms with E-state index in [-0.39, 0.29) is 87.2 Å². The molecule has 1 fully saturated rings. The van der Waals surface area contributed by atoms with Crippen LogP contribution in [0.4, 0.5) is 4.39 Å². The number of benzene rings is 2. The maximum atomic E-state index is 15.3. The van der Waals surface area contributed by atoms with Gasteiger partial charge < -0.3 is 56.4 Å². The van der Waals surface area contributed by atoms with Gasteiger partial charge in [-0.15, -0.1) is 0 Å². The van der Waals surface area contributed by atoms with E-state index in [9.17, 15) is 52.7 Å². The summed E-state index contributed by atoms with van der Waals surface area (Å²) < 4.78 is 28.3. The number of carboxylic acids is 1. The minimum Gasteiger partial charge on any atom is -0.480 e. The van der Waals surface area contributed by atoms with Gasteiger partial charge in [0, 0.05) is 41.8 Å². The highest BCUT2D eigenvalue weighted by Crippen LogP contribution is 2.46. The molecule has 5 heterocycles. The minimum absolute atomic E-state index is 0.0304. The maximum Gasteiger partial charge on any atom is 0.317 e. The molecule has 2 aliphatic carbocycles. The topological polar surface area (TPSA) is 332 Å². The van der Waals surface area contributed by atoms with Gasteiger partial charge in [0.15, 0.2) is 0 Å². The quantitative estimate of drug-likeness (QED) is 0.0237. The molecule has 4 aromatic rings. The molecule has 2 aromatic heterocycles. The summed E-state index contributed by atoms with van der Waals surface area (Å²) in [4.78, 5) is 133. The summed E-state index contributed by atoms with van der Waals surface area (Å²) in [6.07, 6.45) is 8.05. The molecule has 24 nitrogen and oxygen atoms in total. The third-order valence-electron chi connectivity index (χ3n) is 14.3. The van der Waals surface area contributed by atoms with Gasteiger partial charge in [0.25, 0.3) is 23.3 Å². The number of carboxylic acid groups (broad SMARTS) is 1. The number of esters is 1. The molecule has 8 amide bonds. The first kappa shape index (κ1) is 62.5.